The van der Waals surface area contributed by atoms with E-state index in [1.54, 1.807) is 64.1 Å². The number of nitrogens with one attached hydrogen (secondary N) is 1. The van der Waals surface area contributed by atoms with Crippen molar-refractivity contribution in [2.45, 2.75) is 58.1 Å². The van der Waals surface area contributed by atoms with Crippen molar-refractivity contribution in [3.8, 4) is 0 Å². The standard InChI is InChI=1S/C29H34FN3O4S/c1-20(2)31-29(35)23(5)32(18-24-13-9-10-16-26(24)30)28(34)19-33(27-17-11-12-21(3)22(27)4)38(36,37)25-14-7-6-8-15-25/h6-17,20,23H,18-19H2,1-5H3,(H,31,35)/t23-/m0/s1. The second kappa shape index (κ2) is 12.2. The summed E-state index contributed by atoms with van der Waals surface area (Å²) < 4.78 is 43.3. The number of carbonyl (C=O) groups excluding carboxylic acids is 2. The molecule has 0 fully saturated rings. The van der Waals surface area contributed by atoms with E-state index in [0.29, 0.717) is 11.3 Å². The van der Waals surface area contributed by atoms with Gasteiger partial charge >= 0.3 is 0 Å². The highest BCUT2D eigenvalue weighted by Gasteiger charge is 2.33. The number of rotatable bonds is 10. The minimum atomic E-state index is -4.16. The van der Waals surface area contributed by atoms with Crippen LogP contribution < -0.4 is 9.62 Å². The lowest BCUT2D eigenvalue weighted by atomic mass is 10.1. The van der Waals surface area contributed by atoms with Crippen LogP contribution in [0.25, 0.3) is 0 Å². The van der Waals surface area contributed by atoms with Gasteiger partial charge in [-0.3, -0.25) is 13.9 Å². The molecule has 0 heterocycles. The van der Waals surface area contributed by atoms with E-state index in [1.807, 2.05) is 13.0 Å². The summed E-state index contributed by atoms with van der Waals surface area (Å²) in [5.74, 6) is -1.58. The lowest BCUT2D eigenvalue weighted by molar-refractivity contribution is -0.139. The summed E-state index contributed by atoms with van der Waals surface area (Å²) >= 11 is 0. The van der Waals surface area contributed by atoms with Crippen molar-refractivity contribution in [1.82, 2.24) is 10.2 Å². The van der Waals surface area contributed by atoms with Crippen molar-refractivity contribution in [2.24, 2.45) is 0 Å². The van der Waals surface area contributed by atoms with Crippen molar-refractivity contribution in [1.29, 1.82) is 0 Å². The minimum absolute atomic E-state index is 0.0277. The van der Waals surface area contributed by atoms with E-state index in [4.69, 9.17) is 0 Å². The van der Waals surface area contributed by atoms with Crippen LogP contribution in [-0.4, -0.2) is 43.8 Å². The Morgan fingerprint density at radius 1 is 0.895 bits per heavy atom. The number of anilines is 1. The molecular weight excluding hydrogens is 505 g/mol. The third-order valence-electron chi connectivity index (χ3n) is 6.35. The molecule has 202 valence electrons. The predicted octanol–water partition coefficient (Wildman–Crippen LogP) is 4.58. The van der Waals surface area contributed by atoms with Gasteiger partial charge < -0.3 is 10.2 Å². The van der Waals surface area contributed by atoms with Gasteiger partial charge in [0, 0.05) is 18.2 Å². The lowest BCUT2D eigenvalue weighted by Gasteiger charge is -2.33. The summed E-state index contributed by atoms with van der Waals surface area (Å²) in [6.07, 6.45) is 0. The Kier molecular flexibility index (Phi) is 9.27. The number of sulfonamides is 1. The Morgan fingerprint density at radius 3 is 2.16 bits per heavy atom. The fraction of sp³-hybridized carbons (Fsp3) is 0.310. The Labute approximate surface area is 224 Å². The molecule has 3 aromatic rings. The maximum atomic E-state index is 14.6. The van der Waals surface area contributed by atoms with Crippen LogP contribution in [0.1, 0.15) is 37.5 Å². The summed E-state index contributed by atoms with van der Waals surface area (Å²) in [6, 6.07) is 17.9. The van der Waals surface area contributed by atoms with E-state index in [9.17, 15) is 22.4 Å². The topological polar surface area (TPSA) is 86.8 Å². The molecule has 0 aliphatic carbocycles. The van der Waals surface area contributed by atoms with Crippen LogP contribution in [0.4, 0.5) is 10.1 Å². The summed E-state index contributed by atoms with van der Waals surface area (Å²) in [5, 5.41) is 2.78. The van der Waals surface area contributed by atoms with E-state index in [2.05, 4.69) is 5.32 Å². The average Bonchev–Trinajstić information content (AvgIpc) is 2.88. The first-order chi connectivity index (χ1) is 17.9. The summed E-state index contributed by atoms with van der Waals surface area (Å²) in [6.45, 7) is 8.00. The van der Waals surface area contributed by atoms with E-state index in [-0.39, 0.29) is 23.0 Å². The average molecular weight is 540 g/mol. The number of aryl methyl sites for hydroxylation is 1. The van der Waals surface area contributed by atoms with E-state index < -0.39 is 40.2 Å². The Bertz CT molecular complexity index is 1390. The zero-order valence-electron chi connectivity index (χ0n) is 22.3. The lowest BCUT2D eigenvalue weighted by Crippen LogP contribution is -2.52. The first kappa shape index (κ1) is 28.8. The molecule has 0 radical (unpaired) electrons. The molecule has 2 amide bonds. The van der Waals surface area contributed by atoms with Crippen LogP contribution >= 0.6 is 0 Å². The zero-order chi connectivity index (χ0) is 28.0. The fourth-order valence-corrected chi connectivity index (χ4v) is 5.53. The van der Waals surface area contributed by atoms with Crippen LogP contribution in [0.5, 0.6) is 0 Å². The predicted molar refractivity (Wildman–Crippen MR) is 147 cm³/mol. The minimum Gasteiger partial charge on any atom is -0.352 e. The maximum Gasteiger partial charge on any atom is 0.264 e. The molecule has 0 aliphatic heterocycles. The molecule has 7 nitrogen and oxygen atoms in total. The quantitative estimate of drug-likeness (QED) is 0.409. The highest BCUT2D eigenvalue weighted by atomic mass is 32.2. The number of carbonyl (C=O) groups is 2. The van der Waals surface area contributed by atoms with Gasteiger partial charge in [-0.05, 0) is 70.0 Å². The molecule has 0 aromatic heterocycles. The number of hydrogen-bond acceptors (Lipinski definition) is 4. The monoisotopic (exact) mass is 539 g/mol. The van der Waals surface area contributed by atoms with Crippen molar-refractivity contribution >= 4 is 27.5 Å². The van der Waals surface area contributed by atoms with Gasteiger partial charge in [-0.15, -0.1) is 0 Å². The van der Waals surface area contributed by atoms with E-state index in [1.165, 1.54) is 35.2 Å². The zero-order valence-corrected chi connectivity index (χ0v) is 23.1. The Balaban J connectivity index is 2.08. The molecule has 0 aliphatic rings. The molecule has 0 saturated carbocycles. The van der Waals surface area contributed by atoms with Crippen LogP contribution in [0.3, 0.4) is 0 Å². The molecular formula is C29H34FN3O4S. The number of amides is 2. The molecule has 3 aromatic carbocycles. The highest BCUT2D eigenvalue weighted by Crippen LogP contribution is 2.29. The fourth-order valence-electron chi connectivity index (χ4n) is 4.04. The SMILES string of the molecule is Cc1cccc(N(CC(=O)N(Cc2ccccc2F)[C@@H](C)C(=O)NC(C)C)S(=O)(=O)c2ccccc2)c1C. The van der Waals surface area contributed by atoms with Gasteiger partial charge in [-0.1, -0.05) is 48.5 Å². The van der Waals surface area contributed by atoms with E-state index in [0.717, 1.165) is 9.87 Å². The molecule has 0 bridgehead atoms. The third-order valence-corrected chi connectivity index (χ3v) is 8.13. The Morgan fingerprint density at radius 2 is 1.53 bits per heavy atom. The molecule has 9 heteroatoms. The second-order valence-corrected chi connectivity index (χ2v) is 11.4. The van der Waals surface area contributed by atoms with Gasteiger partial charge in [0.2, 0.25) is 11.8 Å². The van der Waals surface area contributed by atoms with Crippen molar-refractivity contribution in [3.63, 3.8) is 0 Å². The van der Waals surface area contributed by atoms with Crippen LogP contribution in [0, 0.1) is 19.7 Å². The van der Waals surface area contributed by atoms with Gasteiger partial charge in [0.25, 0.3) is 10.0 Å². The van der Waals surface area contributed by atoms with Gasteiger partial charge in [0.15, 0.2) is 0 Å². The van der Waals surface area contributed by atoms with Gasteiger partial charge in [0.05, 0.1) is 10.6 Å². The molecule has 1 N–H and O–H groups in total. The molecule has 38 heavy (non-hydrogen) atoms. The van der Waals surface area contributed by atoms with Gasteiger partial charge in [0.1, 0.15) is 18.4 Å². The highest BCUT2D eigenvalue weighted by molar-refractivity contribution is 7.92. The molecule has 0 spiro atoms. The smallest absolute Gasteiger partial charge is 0.264 e. The van der Waals surface area contributed by atoms with E-state index >= 15 is 0 Å². The number of halogens is 1. The molecule has 3 rings (SSSR count). The molecule has 1 atom stereocenters. The van der Waals surface area contributed by atoms with Gasteiger partial charge in [-0.25, -0.2) is 12.8 Å². The largest absolute Gasteiger partial charge is 0.352 e. The number of benzene rings is 3. The van der Waals surface area contributed by atoms with Crippen molar-refractivity contribution in [3.05, 3.63) is 95.3 Å². The molecule has 0 saturated heterocycles. The first-order valence-corrected chi connectivity index (χ1v) is 13.8. The van der Waals surface area contributed by atoms with Crippen LogP contribution in [0.15, 0.2) is 77.7 Å². The van der Waals surface area contributed by atoms with Crippen molar-refractivity contribution in [2.75, 3.05) is 10.8 Å². The summed E-state index contributed by atoms with van der Waals surface area (Å²) in [4.78, 5) is 28.0. The number of hydrogen-bond donors (Lipinski definition) is 1. The van der Waals surface area contributed by atoms with Crippen LogP contribution in [-0.2, 0) is 26.2 Å². The maximum absolute atomic E-state index is 14.6. The first-order valence-electron chi connectivity index (χ1n) is 12.4. The van der Waals surface area contributed by atoms with Gasteiger partial charge in [-0.2, -0.15) is 0 Å². The molecule has 0 unspecified atom stereocenters. The normalized spacial score (nSPS) is 12.2. The summed E-state index contributed by atoms with van der Waals surface area (Å²) in [5.41, 5.74) is 2.13. The van der Waals surface area contributed by atoms with Crippen molar-refractivity contribution < 1.29 is 22.4 Å². The number of nitrogens with zero attached hydrogens (tertiary/aromatic N) is 2. The summed E-state index contributed by atoms with van der Waals surface area (Å²) in [7, 11) is -4.16. The third kappa shape index (κ3) is 6.58. The second-order valence-electron chi connectivity index (χ2n) is 9.50. The Hall–Kier alpha value is -3.72. The van der Waals surface area contributed by atoms with Crippen LogP contribution in [0.2, 0.25) is 0 Å².